The Morgan fingerprint density at radius 3 is 2.59 bits per heavy atom. The molecule has 92 valence electrons. The number of rotatable bonds is 2. The van der Waals surface area contributed by atoms with Gasteiger partial charge in [-0.25, -0.2) is 0 Å². The Morgan fingerprint density at radius 1 is 1.29 bits per heavy atom. The van der Waals surface area contributed by atoms with Gasteiger partial charge >= 0.3 is 6.18 Å². The maximum absolute atomic E-state index is 12.7. The van der Waals surface area contributed by atoms with E-state index < -0.39 is 12.0 Å². The van der Waals surface area contributed by atoms with Crippen LogP contribution in [0.4, 0.5) is 13.2 Å². The van der Waals surface area contributed by atoms with E-state index in [1.807, 2.05) is 0 Å². The van der Waals surface area contributed by atoms with Gasteiger partial charge in [0.2, 0.25) is 5.82 Å². The SMILES string of the molecule is COCc1c(C)ccc2nnc(C(F)(F)F)n12. The number of aromatic nitrogens is 3. The molecule has 0 saturated heterocycles. The van der Waals surface area contributed by atoms with Gasteiger partial charge < -0.3 is 4.74 Å². The van der Waals surface area contributed by atoms with Crippen molar-refractivity contribution in [3.05, 3.63) is 29.2 Å². The largest absolute Gasteiger partial charge is 0.452 e. The number of hydrogen-bond donors (Lipinski definition) is 0. The van der Waals surface area contributed by atoms with Crippen LogP contribution >= 0.6 is 0 Å². The molecule has 0 bridgehead atoms. The number of fused-ring (bicyclic) bond motifs is 1. The van der Waals surface area contributed by atoms with Crippen LogP contribution in [0, 0.1) is 6.92 Å². The summed E-state index contributed by atoms with van der Waals surface area (Å²) in [5, 5.41) is 6.69. The monoisotopic (exact) mass is 245 g/mol. The lowest BCUT2D eigenvalue weighted by molar-refractivity contribution is -0.145. The number of aryl methyl sites for hydroxylation is 1. The molecule has 4 nitrogen and oxygen atoms in total. The van der Waals surface area contributed by atoms with E-state index in [0.717, 1.165) is 4.40 Å². The van der Waals surface area contributed by atoms with Crippen LogP contribution in [0.2, 0.25) is 0 Å². The molecule has 0 unspecified atom stereocenters. The summed E-state index contributed by atoms with van der Waals surface area (Å²) in [6, 6.07) is 3.19. The third-order valence-corrected chi connectivity index (χ3v) is 2.43. The molecule has 0 aromatic carbocycles. The van der Waals surface area contributed by atoms with Crippen molar-refractivity contribution in [1.82, 2.24) is 14.6 Å². The summed E-state index contributed by atoms with van der Waals surface area (Å²) in [5.41, 5.74) is 1.27. The fourth-order valence-corrected chi connectivity index (χ4v) is 1.64. The van der Waals surface area contributed by atoms with E-state index in [1.165, 1.54) is 13.2 Å². The molecule has 0 N–H and O–H groups in total. The summed E-state index contributed by atoms with van der Waals surface area (Å²) >= 11 is 0. The summed E-state index contributed by atoms with van der Waals surface area (Å²) < 4.78 is 44.1. The zero-order valence-corrected chi connectivity index (χ0v) is 9.25. The first-order valence-electron chi connectivity index (χ1n) is 4.85. The average Bonchev–Trinajstić information content (AvgIpc) is 2.65. The van der Waals surface area contributed by atoms with Crippen LogP contribution in [0.25, 0.3) is 5.65 Å². The zero-order valence-electron chi connectivity index (χ0n) is 9.25. The molecule has 2 rings (SSSR count). The molecule has 0 aliphatic rings. The molecular weight excluding hydrogens is 235 g/mol. The van der Waals surface area contributed by atoms with E-state index >= 15 is 0 Å². The van der Waals surface area contributed by atoms with Gasteiger partial charge in [0.15, 0.2) is 5.65 Å². The van der Waals surface area contributed by atoms with E-state index in [-0.39, 0.29) is 12.3 Å². The predicted molar refractivity (Wildman–Crippen MR) is 53.4 cm³/mol. The molecular formula is C10H10F3N3O. The van der Waals surface area contributed by atoms with Crippen molar-refractivity contribution in [3.63, 3.8) is 0 Å². The third kappa shape index (κ3) is 1.97. The molecule has 2 aromatic rings. The second-order valence-corrected chi connectivity index (χ2v) is 3.61. The summed E-state index contributed by atoms with van der Waals surface area (Å²) in [5.74, 6) is -1.02. The van der Waals surface area contributed by atoms with Gasteiger partial charge in [0.25, 0.3) is 0 Å². The Labute approximate surface area is 95.0 Å². The number of alkyl halides is 3. The lowest BCUT2D eigenvalue weighted by Gasteiger charge is -2.11. The molecule has 0 amide bonds. The van der Waals surface area contributed by atoms with Crippen molar-refractivity contribution < 1.29 is 17.9 Å². The van der Waals surface area contributed by atoms with Gasteiger partial charge in [-0.05, 0) is 18.6 Å². The highest BCUT2D eigenvalue weighted by molar-refractivity contribution is 5.43. The second-order valence-electron chi connectivity index (χ2n) is 3.61. The summed E-state index contributed by atoms with van der Waals surface area (Å²) in [7, 11) is 1.43. The molecule has 0 aliphatic carbocycles. The number of methoxy groups -OCH3 is 1. The molecule has 0 saturated carbocycles. The van der Waals surface area contributed by atoms with Gasteiger partial charge in [0.05, 0.1) is 12.3 Å². The third-order valence-electron chi connectivity index (χ3n) is 2.43. The summed E-state index contributed by atoms with van der Waals surface area (Å²) in [6.07, 6.45) is -4.53. The van der Waals surface area contributed by atoms with Gasteiger partial charge in [-0.2, -0.15) is 13.2 Å². The summed E-state index contributed by atoms with van der Waals surface area (Å²) in [4.78, 5) is 0. The van der Waals surface area contributed by atoms with Gasteiger partial charge in [0.1, 0.15) is 0 Å². The Morgan fingerprint density at radius 2 is 2.00 bits per heavy atom. The van der Waals surface area contributed by atoms with Gasteiger partial charge in [-0.15, -0.1) is 10.2 Å². The maximum atomic E-state index is 12.7. The van der Waals surface area contributed by atoms with E-state index in [9.17, 15) is 13.2 Å². The smallest absolute Gasteiger partial charge is 0.378 e. The lowest BCUT2D eigenvalue weighted by atomic mass is 10.2. The average molecular weight is 245 g/mol. The van der Waals surface area contributed by atoms with Crippen LogP contribution in [0.15, 0.2) is 12.1 Å². The van der Waals surface area contributed by atoms with Crippen molar-refractivity contribution in [3.8, 4) is 0 Å². The standard InChI is InChI=1S/C10H10F3N3O/c1-6-3-4-8-14-15-9(10(11,12)13)16(8)7(6)5-17-2/h3-4H,5H2,1-2H3. The molecule has 0 fully saturated rings. The quantitative estimate of drug-likeness (QED) is 0.814. The van der Waals surface area contributed by atoms with Crippen molar-refractivity contribution in [1.29, 1.82) is 0 Å². The number of nitrogens with zero attached hydrogens (tertiary/aromatic N) is 3. The highest BCUT2D eigenvalue weighted by Crippen LogP contribution is 2.29. The fraction of sp³-hybridized carbons (Fsp3) is 0.400. The van der Waals surface area contributed by atoms with E-state index in [2.05, 4.69) is 10.2 Å². The van der Waals surface area contributed by atoms with E-state index in [0.29, 0.717) is 11.3 Å². The predicted octanol–water partition coefficient (Wildman–Crippen LogP) is 2.20. The Balaban J connectivity index is 2.76. The minimum Gasteiger partial charge on any atom is -0.378 e. The molecule has 2 heterocycles. The fourth-order valence-electron chi connectivity index (χ4n) is 1.64. The van der Waals surface area contributed by atoms with Crippen LogP contribution in [-0.2, 0) is 17.5 Å². The minimum atomic E-state index is -4.53. The van der Waals surface area contributed by atoms with Gasteiger partial charge in [-0.1, -0.05) is 6.07 Å². The highest BCUT2D eigenvalue weighted by Gasteiger charge is 2.37. The van der Waals surface area contributed by atoms with E-state index in [4.69, 9.17) is 4.74 Å². The number of hydrogen-bond acceptors (Lipinski definition) is 3. The Hall–Kier alpha value is -1.63. The molecule has 7 heteroatoms. The van der Waals surface area contributed by atoms with Crippen LogP contribution in [0.1, 0.15) is 17.1 Å². The molecule has 0 radical (unpaired) electrons. The van der Waals surface area contributed by atoms with Crippen LogP contribution < -0.4 is 0 Å². The molecule has 0 aliphatic heterocycles. The first-order valence-corrected chi connectivity index (χ1v) is 4.85. The number of halogens is 3. The normalized spacial score (nSPS) is 12.3. The minimum absolute atomic E-state index is 0.0737. The molecule has 2 aromatic heterocycles. The van der Waals surface area contributed by atoms with Crippen LogP contribution in [-0.4, -0.2) is 21.7 Å². The lowest BCUT2D eigenvalue weighted by Crippen LogP contribution is -2.14. The highest BCUT2D eigenvalue weighted by atomic mass is 19.4. The first kappa shape index (κ1) is 11.8. The Bertz CT molecular complexity index is 547. The van der Waals surface area contributed by atoms with Crippen LogP contribution in [0.3, 0.4) is 0 Å². The number of pyridine rings is 1. The zero-order chi connectivity index (χ0) is 12.6. The second kappa shape index (κ2) is 3.99. The van der Waals surface area contributed by atoms with Crippen molar-refractivity contribution in [2.75, 3.05) is 7.11 Å². The van der Waals surface area contributed by atoms with Crippen molar-refractivity contribution >= 4 is 5.65 Å². The molecule has 0 atom stereocenters. The number of ether oxygens (including phenoxy) is 1. The van der Waals surface area contributed by atoms with E-state index in [1.54, 1.807) is 13.0 Å². The van der Waals surface area contributed by atoms with Crippen LogP contribution in [0.5, 0.6) is 0 Å². The molecule has 17 heavy (non-hydrogen) atoms. The topological polar surface area (TPSA) is 39.4 Å². The first-order chi connectivity index (χ1) is 7.95. The maximum Gasteiger partial charge on any atom is 0.452 e. The van der Waals surface area contributed by atoms with Crippen molar-refractivity contribution in [2.45, 2.75) is 19.7 Å². The van der Waals surface area contributed by atoms with Crippen molar-refractivity contribution in [2.24, 2.45) is 0 Å². The Kier molecular flexibility index (Phi) is 2.78. The van der Waals surface area contributed by atoms with Gasteiger partial charge in [-0.3, -0.25) is 4.40 Å². The molecule has 0 spiro atoms. The summed E-state index contributed by atoms with van der Waals surface area (Å²) in [6.45, 7) is 1.79. The van der Waals surface area contributed by atoms with Gasteiger partial charge in [0, 0.05) is 7.11 Å².